The van der Waals surface area contributed by atoms with Crippen LogP contribution in [0.15, 0.2) is 92.5 Å². The highest BCUT2D eigenvalue weighted by Gasteiger charge is 2.27. The molecule has 1 amide bonds. The van der Waals surface area contributed by atoms with Crippen LogP contribution >= 0.6 is 22.7 Å². The molecule has 69 heavy (non-hydrogen) atoms. The van der Waals surface area contributed by atoms with Crippen LogP contribution in [0.5, 0.6) is 11.5 Å². The number of benzene rings is 2. The monoisotopic (exact) mass is 1030 g/mol. The summed E-state index contributed by atoms with van der Waals surface area (Å²) in [6, 6.07) is 11.4. The van der Waals surface area contributed by atoms with Crippen molar-refractivity contribution in [3.8, 4) is 33.8 Å². The number of primary sulfonamides is 1. The van der Waals surface area contributed by atoms with E-state index in [1.807, 2.05) is 27.7 Å². The molecular weight excluding hydrogens is 975 g/mol. The molecule has 0 atom stereocenters. The number of carboxylic acid groups (broad SMARTS) is 1. The number of aliphatic carboxylic acids is 1. The van der Waals surface area contributed by atoms with Crippen molar-refractivity contribution in [3.05, 3.63) is 129 Å². The molecule has 0 radical (unpaired) electrons. The Morgan fingerprint density at radius 1 is 0.696 bits per heavy atom. The smallest absolute Gasteiger partial charge is 0.307 e. The van der Waals surface area contributed by atoms with Gasteiger partial charge >= 0.3 is 5.97 Å². The maximum Gasteiger partial charge on any atom is 0.307 e. The van der Waals surface area contributed by atoms with E-state index >= 15 is 0 Å². The number of pyridine rings is 2. The number of carbonyl (C=O) groups excluding carboxylic acids is 1. The van der Waals surface area contributed by atoms with Gasteiger partial charge in [-0.2, -0.15) is 0 Å². The summed E-state index contributed by atoms with van der Waals surface area (Å²) in [7, 11) is -4.80. The van der Waals surface area contributed by atoms with Crippen LogP contribution in [-0.2, 0) is 53.7 Å². The highest BCUT2D eigenvalue weighted by atomic mass is 32.3. The number of carbonyl (C=O) groups is 2. The number of amides is 1. The number of rotatable bonds is 15. The molecule has 0 aliphatic carbocycles. The molecule has 0 fully saturated rings. The molecule has 0 saturated carbocycles. The molecule has 0 unspecified atom stereocenters. The number of sulfonamides is 2. The molecule has 4 aromatic heterocycles. The van der Waals surface area contributed by atoms with Crippen LogP contribution in [0.25, 0.3) is 22.3 Å². The van der Waals surface area contributed by atoms with Gasteiger partial charge in [0.05, 0.1) is 38.3 Å². The number of nitrogens with zero attached hydrogens (tertiary/aromatic N) is 2. The van der Waals surface area contributed by atoms with E-state index in [4.69, 9.17) is 14.6 Å². The molecule has 372 valence electrons. The lowest BCUT2D eigenvalue weighted by atomic mass is 9.88. The number of ether oxygens (including phenoxy) is 2. The van der Waals surface area contributed by atoms with E-state index in [1.165, 1.54) is 68.4 Å². The van der Waals surface area contributed by atoms with Crippen LogP contribution in [0.2, 0.25) is 0 Å². The Kier molecular flexibility index (Phi) is 18.5. The van der Waals surface area contributed by atoms with Crippen LogP contribution < -0.4 is 19.3 Å². The molecular formula is C48H56F2N4O11S4. The first-order valence-corrected chi connectivity index (χ1v) is 25.8. The van der Waals surface area contributed by atoms with Crippen molar-refractivity contribution in [3.63, 3.8) is 0 Å². The van der Waals surface area contributed by atoms with Crippen molar-refractivity contribution in [1.29, 1.82) is 0 Å². The fourth-order valence-corrected chi connectivity index (χ4v) is 10.9. The van der Waals surface area contributed by atoms with Crippen molar-refractivity contribution < 1.29 is 60.0 Å². The Labute approximate surface area is 409 Å². The van der Waals surface area contributed by atoms with Crippen LogP contribution in [0.3, 0.4) is 0 Å². The van der Waals surface area contributed by atoms with Crippen LogP contribution in [-0.4, -0.2) is 68.2 Å². The summed E-state index contributed by atoms with van der Waals surface area (Å²) >= 11 is 1.92. The Morgan fingerprint density at radius 2 is 1.10 bits per heavy atom. The zero-order valence-electron chi connectivity index (χ0n) is 39.6. The molecule has 21 heteroatoms. The van der Waals surface area contributed by atoms with E-state index in [0.717, 1.165) is 22.7 Å². The van der Waals surface area contributed by atoms with Gasteiger partial charge in [0.15, 0.2) is 0 Å². The first-order valence-electron chi connectivity index (χ1n) is 21.0. The molecule has 2 aromatic carbocycles. The standard InChI is InChI=1S/C24H27FN2O5S2.C17H18FNO3.C7H11NO3S2/c1-14(2)17-9-16(25)10-18(20-12-26-7-6-21(20)32-5)19(17)11-22(28)27-34(30,31)23-8-15(13-33-23)24(3,4)29;1-10(2)12-6-11(18)7-13(14(12)8-17(20)21)15-9-19-5-4-16(15)22-3;1-7(2,9)5-3-6(12-4-5)13(8,10)11/h6-10,12-14,29H,11H2,1-5H3,(H,27,28);4-7,9-10H,8H2,1-3H3,(H,20,21);3-4,9H,1-2H3,(H2,8,10,11). The quantitative estimate of drug-likeness (QED) is 0.0647. The first-order chi connectivity index (χ1) is 32.0. The molecule has 4 heterocycles. The molecule has 0 aliphatic heterocycles. The number of nitrogens with two attached hydrogens (primary N) is 1. The van der Waals surface area contributed by atoms with Crippen LogP contribution in [0, 0.1) is 11.6 Å². The summed E-state index contributed by atoms with van der Waals surface area (Å²) in [4.78, 5) is 32.3. The third-order valence-corrected chi connectivity index (χ3v) is 15.5. The number of methoxy groups -OCH3 is 2. The molecule has 6 N–H and O–H groups in total. The Bertz CT molecular complexity index is 3010. The van der Waals surface area contributed by atoms with Gasteiger partial charge in [-0.25, -0.2) is 35.5 Å². The highest BCUT2D eigenvalue weighted by molar-refractivity contribution is 7.92. The van der Waals surface area contributed by atoms with Gasteiger partial charge in [-0.15, -0.1) is 22.7 Å². The number of carboxylic acids is 1. The second-order valence-corrected chi connectivity index (χ2v) is 22.8. The molecule has 15 nitrogen and oxygen atoms in total. The lowest BCUT2D eigenvalue weighted by Crippen LogP contribution is -2.32. The zero-order chi connectivity index (χ0) is 51.8. The highest BCUT2D eigenvalue weighted by Crippen LogP contribution is 2.38. The SMILES string of the molecule is CC(C)(O)c1csc(S(N)(=O)=O)c1.COc1ccncc1-c1cc(F)cc(C(C)C)c1CC(=O)NS(=O)(=O)c1cc(C(C)(C)O)cs1.COc1ccncc1-c1cc(F)cc(C(C)C)c1CC(=O)O. The molecule has 6 aromatic rings. The second kappa shape index (κ2) is 22.8. The van der Waals surface area contributed by atoms with Gasteiger partial charge in [0.25, 0.3) is 10.0 Å². The molecule has 0 aliphatic rings. The van der Waals surface area contributed by atoms with E-state index in [9.17, 15) is 50.5 Å². The molecule has 6 rings (SSSR count). The van der Waals surface area contributed by atoms with Crippen molar-refractivity contribution in [1.82, 2.24) is 14.7 Å². The minimum absolute atomic E-state index is 0.00599. The van der Waals surface area contributed by atoms with E-state index in [2.05, 4.69) is 14.7 Å². The number of halogens is 2. The maximum atomic E-state index is 14.5. The van der Waals surface area contributed by atoms with Gasteiger partial charge in [-0.1, -0.05) is 27.7 Å². The topological polar surface area (TPSA) is 245 Å². The number of nitrogens with one attached hydrogen (secondary N) is 1. The lowest BCUT2D eigenvalue weighted by molar-refractivity contribution is -0.136. The fourth-order valence-electron chi connectivity index (χ4n) is 6.86. The fraction of sp³-hybridized carbons (Fsp3) is 0.333. The third kappa shape index (κ3) is 14.9. The minimum Gasteiger partial charge on any atom is -0.496 e. The number of hydrogen-bond acceptors (Lipinski definition) is 14. The van der Waals surface area contributed by atoms with Crippen molar-refractivity contribution in [2.45, 2.75) is 99.7 Å². The Hall–Kier alpha value is -5.68. The van der Waals surface area contributed by atoms with Gasteiger partial charge in [0.1, 0.15) is 31.6 Å². The third-order valence-electron chi connectivity index (χ3n) is 10.3. The van der Waals surface area contributed by atoms with Crippen molar-refractivity contribution >= 4 is 54.6 Å². The van der Waals surface area contributed by atoms with E-state index in [0.29, 0.717) is 67.1 Å². The normalized spacial score (nSPS) is 11.9. The van der Waals surface area contributed by atoms with Gasteiger partial charge in [-0.3, -0.25) is 19.6 Å². The summed E-state index contributed by atoms with van der Waals surface area (Å²) in [5.41, 5.74) is 3.07. The summed E-state index contributed by atoms with van der Waals surface area (Å²) in [6.07, 6.45) is 5.70. The van der Waals surface area contributed by atoms with E-state index in [-0.39, 0.29) is 33.1 Å². The average Bonchev–Trinajstić information content (AvgIpc) is 3.98. The minimum atomic E-state index is -4.15. The number of aromatic nitrogens is 2. The number of thiophene rings is 2. The van der Waals surface area contributed by atoms with Crippen LogP contribution in [0.1, 0.15) is 101 Å². The van der Waals surface area contributed by atoms with Crippen molar-refractivity contribution in [2.24, 2.45) is 5.14 Å². The van der Waals surface area contributed by atoms with E-state index in [1.54, 1.807) is 57.6 Å². The predicted octanol–water partition coefficient (Wildman–Crippen LogP) is 8.63. The summed E-state index contributed by atoms with van der Waals surface area (Å²) < 4.78 is 88.7. The largest absolute Gasteiger partial charge is 0.496 e. The van der Waals surface area contributed by atoms with Gasteiger partial charge in [-0.05, 0) is 143 Å². The van der Waals surface area contributed by atoms with Crippen molar-refractivity contribution in [2.75, 3.05) is 14.2 Å². The maximum absolute atomic E-state index is 14.5. The van der Waals surface area contributed by atoms with Gasteiger partial charge < -0.3 is 24.8 Å². The molecule has 0 spiro atoms. The molecule has 0 bridgehead atoms. The number of hydrogen-bond donors (Lipinski definition) is 5. The van der Waals surface area contributed by atoms with E-state index < -0.39 is 54.8 Å². The van der Waals surface area contributed by atoms with Gasteiger partial charge in [0.2, 0.25) is 15.9 Å². The summed E-state index contributed by atoms with van der Waals surface area (Å²) in [5.74, 6) is -1.77. The summed E-state index contributed by atoms with van der Waals surface area (Å²) in [6.45, 7) is 13.8. The van der Waals surface area contributed by atoms with Gasteiger partial charge in [0, 0.05) is 35.9 Å². The number of aliphatic hydroxyl groups is 2. The Balaban J connectivity index is 0.000000252. The zero-order valence-corrected chi connectivity index (χ0v) is 42.9. The first kappa shape index (κ1) is 55.9. The predicted molar refractivity (Wildman–Crippen MR) is 261 cm³/mol. The van der Waals surface area contributed by atoms with Crippen LogP contribution in [0.4, 0.5) is 8.78 Å². The lowest BCUT2D eigenvalue weighted by Gasteiger charge is -2.19. The Morgan fingerprint density at radius 3 is 1.45 bits per heavy atom. The summed E-state index contributed by atoms with van der Waals surface area (Å²) in [5, 5.41) is 36.9. The average molecular weight is 1030 g/mol. The second-order valence-electron chi connectivity index (χ2n) is 17.3. The molecule has 0 saturated heterocycles.